The van der Waals surface area contributed by atoms with Gasteiger partial charge in [-0.2, -0.15) is 0 Å². The molecule has 0 aliphatic carbocycles. The van der Waals surface area contributed by atoms with Gasteiger partial charge in [0.1, 0.15) is 0 Å². The molecule has 0 spiro atoms. The summed E-state index contributed by atoms with van der Waals surface area (Å²) < 4.78 is 4.86. The number of esters is 1. The average molecular weight is 350 g/mol. The summed E-state index contributed by atoms with van der Waals surface area (Å²) in [6, 6.07) is 7.98. The Labute approximate surface area is 148 Å². The number of carbonyl (C=O) groups excluding carboxylic acids is 2. The first-order valence-electron chi connectivity index (χ1n) is 8.53. The van der Waals surface area contributed by atoms with Gasteiger partial charge in [0.15, 0.2) is 0 Å². The fourth-order valence-electron chi connectivity index (χ4n) is 2.62. The zero-order valence-electron chi connectivity index (χ0n) is 14.4. The summed E-state index contributed by atoms with van der Waals surface area (Å²) in [5.41, 5.74) is 1.99. The molecule has 5 nitrogen and oxygen atoms in total. The average Bonchev–Trinajstić information content (AvgIpc) is 2.61. The van der Waals surface area contributed by atoms with E-state index < -0.39 is 0 Å². The number of ether oxygens (including phenoxy) is 1. The van der Waals surface area contributed by atoms with Gasteiger partial charge in [0.05, 0.1) is 17.6 Å². The van der Waals surface area contributed by atoms with E-state index in [9.17, 15) is 9.59 Å². The van der Waals surface area contributed by atoms with Crippen LogP contribution in [0.3, 0.4) is 0 Å². The highest BCUT2D eigenvalue weighted by atomic mass is 32.2. The normalized spacial score (nSPS) is 15.7. The van der Waals surface area contributed by atoms with Gasteiger partial charge in [-0.15, -0.1) is 11.8 Å². The van der Waals surface area contributed by atoms with Crippen molar-refractivity contribution in [3.63, 3.8) is 0 Å². The van der Waals surface area contributed by atoms with Crippen LogP contribution in [0.2, 0.25) is 0 Å². The van der Waals surface area contributed by atoms with Crippen LogP contribution in [0.25, 0.3) is 0 Å². The predicted molar refractivity (Wildman–Crippen MR) is 99.7 cm³/mol. The summed E-state index contributed by atoms with van der Waals surface area (Å²) in [7, 11) is 0. The van der Waals surface area contributed by atoms with E-state index in [2.05, 4.69) is 22.3 Å². The third-order valence-corrected chi connectivity index (χ3v) is 5.10. The van der Waals surface area contributed by atoms with Crippen molar-refractivity contribution in [2.24, 2.45) is 0 Å². The van der Waals surface area contributed by atoms with E-state index in [-0.39, 0.29) is 22.9 Å². The third-order valence-electron chi connectivity index (χ3n) is 3.98. The lowest BCUT2D eigenvalue weighted by atomic mass is 10.1. The maximum atomic E-state index is 12.2. The van der Waals surface area contributed by atoms with Gasteiger partial charge in [0, 0.05) is 24.5 Å². The monoisotopic (exact) mass is 350 g/mol. The summed E-state index contributed by atoms with van der Waals surface area (Å²) in [4.78, 5) is 25.9. The lowest BCUT2D eigenvalue weighted by Gasteiger charge is -2.28. The molecule has 1 atom stereocenters. The zero-order valence-corrected chi connectivity index (χ0v) is 15.2. The molecule has 1 aromatic carbocycles. The van der Waals surface area contributed by atoms with Crippen LogP contribution in [-0.2, 0) is 14.3 Å². The second kappa shape index (κ2) is 9.57. The van der Waals surface area contributed by atoms with Gasteiger partial charge in [0.25, 0.3) is 0 Å². The molecule has 2 rings (SSSR count). The molecule has 0 radical (unpaired) electrons. The Morgan fingerprint density at radius 2 is 1.88 bits per heavy atom. The summed E-state index contributed by atoms with van der Waals surface area (Å²) in [5, 5.41) is 2.59. The molecular formula is C18H26N2O3S. The molecule has 132 valence electrons. The van der Waals surface area contributed by atoms with Crippen molar-refractivity contribution >= 4 is 35.0 Å². The molecule has 1 aromatic rings. The number of nitrogens with one attached hydrogen (secondary N) is 1. The second-order valence-corrected chi connectivity index (χ2v) is 7.17. The van der Waals surface area contributed by atoms with Crippen molar-refractivity contribution in [3.05, 3.63) is 24.3 Å². The summed E-state index contributed by atoms with van der Waals surface area (Å²) in [5.74, 6) is -0.195. The smallest absolute Gasteiger partial charge is 0.315 e. The summed E-state index contributed by atoms with van der Waals surface area (Å²) >= 11 is 1.28. The van der Waals surface area contributed by atoms with Crippen LogP contribution in [-0.4, -0.2) is 42.6 Å². The highest BCUT2D eigenvalue weighted by molar-refractivity contribution is 8.01. The van der Waals surface area contributed by atoms with Gasteiger partial charge in [-0.1, -0.05) is 0 Å². The number of amides is 1. The molecule has 0 aromatic heterocycles. The van der Waals surface area contributed by atoms with E-state index in [1.807, 2.05) is 12.1 Å². The van der Waals surface area contributed by atoms with E-state index in [1.165, 1.54) is 36.7 Å². The number of hydrogen-bond acceptors (Lipinski definition) is 5. The second-order valence-electron chi connectivity index (χ2n) is 5.84. The number of nitrogens with zero attached hydrogens (tertiary/aromatic N) is 1. The van der Waals surface area contributed by atoms with E-state index in [0.717, 1.165) is 18.8 Å². The largest absolute Gasteiger partial charge is 0.465 e. The Balaban J connectivity index is 1.81. The fraction of sp³-hybridized carbons (Fsp3) is 0.556. The van der Waals surface area contributed by atoms with E-state index in [1.54, 1.807) is 13.8 Å². The molecule has 1 aliphatic heterocycles. The molecule has 1 saturated heterocycles. The maximum absolute atomic E-state index is 12.2. The molecule has 1 heterocycles. The van der Waals surface area contributed by atoms with Gasteiger partial charge < -0.3 is 15.0 Å². The molecule has 1 N–H and O–H groups in total. The maximum Gasteiger partial charge on any atom is 0.315 e. The van der Waals surface area contributed by atoms with Gasteiger partial charge in [-0.05, 0) is 57.4 Å². The zero-order chi connectivity index (χ0) is 17.4. The minimum absolute atomic E-state index is 0.102. The Hall–Kier alpha value is -1.69. The number of piperidine rings is 1. The first-order chi connectivity index (χ1) is 11.6. The third kappa shape index (κ3) is 5.74. The first kappa shape index (κ1) is 18.6. The highest BCUT2D eigenvalue weighted by Gasteiger charge is 2.16. The topological polar surface area (TPSA) is 58.6 Å². The Kier molecular flexibility index (Phi) is 7.43. The SMILES string of the molecule is CCOC(=O)CS[C@H](C)C(=O)Nc1ccc(N2CCCCC2)cc1. The van der Waals surface area contributed by atoms with Crippen LogP contribution in [0.15, 0.2) is 24.3 Å². The summed E-state index contributed by atoms with van der Waals surface area (Å²) in [6.07, 6.45) is 3.80. The van der Waals surface area contributed by atoms with Crippen LogP contribution >= 0.6 is 11.8 Å². The number of anilines is 2. The van der Waals surface area contributed by atoms with Crippen LogP contribution in [0.5, 0.6) is 0 Å². The van der Waals surface area contributed by atoms with Crippen LogP contribution in [0, 0.1) is 0 Å². The van der Waals surface area contributed by atoms with Crippen LogP contribution < -0.4 is 10.2 Å². The number of benzene rings is 1. The van der Waals surface area contributed by atoms with E-state index >= 15 is 0 Å². The molecule has 1 amide bonds. The van der Waals surface area contributed by atoms with Crippen LogP contribution in [0.4, 0.5) is 11.4 Å². The summed E-state index contributed by atoms with van der Waals surface area (Å²) in [6.45, 7) is 6.14. The Morgan fingerprint density at radius 3 is 2.50 bits per heavy atom. The fourth-order valence-corrected chi connectivity index (χ4v) is 3.30. The van der Waals surface area contributed by atoms with E-state index in [4.69, 9.17) is 4.74 Å². The van der Waals surface area contributed by atoms with Crippen molar-refractivity contribution < 1.29 is 14.3 Å². The Bertz CT molecular complexity index is 542. The van der Waals surface area contributed by atoms with Crippen molar-refractivity contribution in [3.8, 4) is 0 Å². The number of carbonyl (C=O) groups is 2. The minimum atomic E-state index is -0.309. The van der Waals surface area contributed by atoms with Gasteiger partial charge >= 0.3 is 5.97 Å². The quantitative estimate of drug-likeness (QED) is 0.765. The van der Waals surface area contributed by atoms with Gasteiger partial charge in [-0.3, -0.25) is 9.59 Å². The van der Waals surface area contributed by atoms with Crippen molar-refractivity contribution in [1.82, 2.24) is 0 Å². The molecule has 0 bridgehead atoms. The van der Waals surface area contributed by atoms with Gasteiger partial charge in [-0.25, -0.2) is 0 Å². The first-order valence-corrected chi connectivity index (χ1v) is 9.58. The lowest BCUT2D eigenvalue weighted by molar-refractivity contribution is -0.139. The predicted octanol–water partition coefficient (Wildman–Crippen LogP) is 3.30. The van der Waals surface area contributed by atoms with Crippen molar-refractivity contribution in [2.45, 2.75) is 38.4 Å². The number of thioether (sulfide) groups is 1. The number of hydrogen-bond donors (Lipinski definition) is 1. The lowest BCUT2D eigenvalue weighted by Crippen LogP contribution is -2.29. The van der Waals surface area contributed by atoms with Gasteiger partial charge in [0.2, 0.25) is 5.91 Å². The van der Waals surface area contributed by atoms with Crippen LogP contribution in [0.1, 0.15) is 33.1 Å². The van der Waals surface area contributed by atoms with E-state index in [0.29, 0.717) is 6.61 Å². The molecule has 0 saturated carbocycles. The molecule has 6 heteroatoms. The molecule has 24 heavy (non-hydrogen) atoms. The molecule has 1 fully saturated rings. The molecule has 0 unspecified atom stereocenters. The minimum Gasteiger partial charge on any atom is -0.465 e. The number of rotatable bonds is 7. The standard InChI is InChI=1S/C18H26N2O3S/c1-3-23-17(21)13-24-14(2)18(22)19-15-7-9-16(10-8-15)20-11-5-4-6-12-20/h7-10,14H,3-6,11-13H2,1-2H3,(H,19,22)/t14-/m1/s1. The highest BCUT2D eigenvalue weighted by Crippen LogP contribution is 2.22. The van der Waals surface area contributed by atoms with Crippen molar-refractivity contribution in [1.29, 1.82) is 0 Å². The molecule has 1 aliphatic rings. The Morgan fingerprint density at radius 1 is 1.21 bits per heavy atom. The molecular weight excluding hydrogens is 324 g/mol. The van der Waals surface area contributed by atoms with Crippen molar-refractivity contribution in [2.75, 3.05) is 35.7 Å².